The molecule has 0 atom stereocenters. The molecule has 4 nitrogen and oxygen atoms in total. The third kappa shape index (κ3) is 4.30. The number of nitrogens with zero attached hydrogens (tertiary/aromatic N) is 3. The van der Waals surface area contributed by atoms with Crippen molar-refractivity contribution in [3.8, 4) is 28.3 Å². The van der Waals surface area contributed by atoms with Gasteiger partial charge in [-0.3, -0.25) is 0 Å². The van der Waals surface area contributed by atoms with Crippen molar-refractivity contribution in [1.29, 1.82) is 0 Å². The lowest BCUT2D eigenvalue weighted by Gasteiger charge is -2.14. The third-order valence-electron chi connectivity index (χ3n) is 9.34. The van der Waals surface area contributed by atoms with E-state index in [2.05, 4.69) is 133 Å². The lowest BCUT2D eigenvalue weighted by molar-refractivity contribution is 0.673. The molecule has 0 saturated heterocycles. The van der Waals surface area contributed by atoms with Crippen LogP contribution in [0.2, 0.25) is 0 Å². The van der Waals surface area contributed by atoms with Crippen LogP contribution in [-0.2, 0) is 0 Å². The Morgan fingerprint density at radius 2 is 1.46 bits per heavy atom. The van der Waals surface area contributed by atoms with Gasteiger partial charge in [0, 0.05) is 33.0 Å². The van der Waals surface area contributed by atoms with Crippen LogP contribution in [-0.4, -0.2) is 14.5 Å². The minimum absolute atomic E-state index is 0.685. The van der Waals surface area contributed by atoms with Crippen LogP contribution in [0.5, 0.6) is 0 Å². The van der Waals surface area contributed by atoms with Gasteiger partial charge in [0.1, 0.15) is 11.2 Å². The number of allylic oxidation sites excluding steroid dienone is 3. The molecule has 6 aromatic carbocycles. The van der Waals surface area contributed by atoms with Crippen LogP contribution in [0.4, 0.5) is 0 Å². The number of furan rings is 1. The fourth-order valence-electron chi connectivity index (χ4n) is 7.18. The Morgan fingerprint density at radius 3 is 2.25 bits per heavy atom. The SMILES string of the molecule is C=C/C=C(\CC)c1cc(-c2cc3c4ccccc4oc3c3c4c5ccccc5ccc4n(-c4ccccc4)c23)nc(-c2ccccc2)n1. The highest BCUT2D eigenvalue weighted by atomic mass is 16.3. The monoisotopic (exact) mass is 617 g/mol. The van der Waals surface area contributed by atoms with E-state index in [0.717, 1.165) is 83.9 Å². The van der Waals surface area contributed by atoms with Crippen molar-refractivity contribution in [2.45, 2.75) is 13.3 Å². The molecule has 48 heavy (non-hydrogen) atoms. The normalized spacial score (nSPS) is 12.1. The minimum atomic E-state index is 0.685. The van der Waals surface area contributed by atoms with Gasteiger partial charge in [-0.2, -0.15) is 0 Å². The standard InChI is InChI=1S/C44H31N3O/c1-3-15-28(4-2)36-27-37(46-44(45-36)30-17-7-5-8-18-30)35-26-34-33-22-13-14-23-39(33)48-43(34)41-40-32-21-12-11-16-29(32)24-25-38(40)47(42(35)41)31-19-9-6-10-20-31/h3,5-27H,1,4H2,2H3/b28-15+. The zero-order valence-corrected chi connectivity index (χ0v) is 26.5. The van der Waals surface area contributed by atoms with Gasteiger partial charge in [0.2, 0.25) is 0 Å². The van der Waals surface area contributed by atoms with Gasteiger partial charge >= 0.3 is 0 Å². The Kier molecular flexibility index (Phi) is 6.54. The number of hydrogen-bond acceptors (Lipinski definition) is 3. The summed E-state index contributed by atoms with van der Waals surface area (Å²) < 4.78 is 9.18. The van der Waals surface area contributed by atoms with Crippen molar-refractivity contribution in [2.75, 3.05) is 0 Å². The molecule has 0 amide bonds. The van der Waals surface area contributed by atoms with E-state index in [9.17, 15) is 0 Å². The molecule has 0 aliphatic rings. The van der Waals surface area contributed by atoms with Crippen molar-refractivity contribution in [2.24, 2.45) is 0 Å². The second-order valence-electron chi connectivity index (χ2n) is 12.1. The van der Waals surface area contributed by atoms with E-state index in [1.807, 2.05) is 30.3 Å². The highest BCUT2D eigenvalue weighted by Crippen LogP contribution is 2.47. The molecule has 9 aromatic rings. The first-order valence-corrected chi connectivity index (χ1v) is 16.4. The van der Waals surface area contributed by atoms with E-state index in [1.54, 1.807) is 0 Å². The predicted molar refractivity (Wildman–Crippen MR) is 200 cm³/mol. The van der Waals surface area contributed by atoms with Crippen molar-refractivity contribution in [3.63, 3.8) is 0 Å². The maximum atomic E-state index is 6.80. The summed E-state index contributed by atoms with van der Waals surface area (Å²) in [5.74, 6) is 0.685. The Balaban J connectivity index is 1.53. The molecule has 0 saturated carbocycles. The maximum absolute atomic E-state index is 6.80. The quantitative estimate of drug-likeness (QED) is 0.174. The summed E-state index contributed by atoms with van der Waals surface area (Å²) in [7, 11) is 0. The largest absolute Gasteiger partial charge is 0.455 e. The molecular weight excluding hydrogens is 587 g/mol. The lowest BCUT2D eigenvalue weighted by Crippen LogP contribution is -2.00. The van der Waals surface area contributed by atoms with Gasteiger partial charge in [-0.1, -0.05) is 123 Å². The number of aromatic nitrogens is 3. The van der Waals surface area contributed by atoms with Crippen LogP contribution in [0.25, 0.3) is 88.4 Å². The summed E-state index contributed by atoms with van der Waals surface area (Å²) in [6.07, 6.45) is 4.70. The Hall–Kier alpha value is -6.26. The fourth-order valence-corrected chi connectivity index (χ4v) is 7.18. The number of para-hydroxylation sites is 2. The zero-order chi connectivity index (χ0) is 32.2. The van der Waals surface area contributed by atoms with Crippen molar-refractivity contribution < 1.29 is 4.42 Å². The summed E-state index contributed by atoms with van der Waals surface area (Å²) in [5, 5.41) is 6.75. The third-order valence-corrected chi connectivity index (χ3v) is 9.34. The maximum Gasteiger partial charge on any atom is 0.160 e. The van der Waals surface area contributed by atoms with Crippen LogP contribution >= 0.6 is 0 Å². The van der Waals surface area contributed by atoms with Crippen LogP contribution in [0.3, 0.4) is 0 Å². The van der Waals surface area contributed by atoms with Gasteiger partial charge in [0.05, 0.1) is 27.8 Å². The first-order chi connectivity index (χ1) is 23.7. The molecule has 228 valence electrons. The van der Waals surface area contributed by atoms with Crippen LogP contribution in [0, 0.1) is 0 Å². The zero-order valence-electron chi connectivity index (χ0n) is 26.5. The van der Waals surface area contributed by atoms with Crippen molar-refractivity contribution in [3.05, 3.63) is 158 Å². The summed E-state index contributed by atoms with van der Waals surface area (Å²) in [5.41, 5.74) is 9.80. The van der Waals surface area contributed by atoms with Crippen LogP contribution in [0.1, 0.15) is 19.0 Å². The Bertz CT molecular complexity index is 2710. The molecule has 0 radical (unpaired) electrons. The van der Waals surface area contributed by atoms with E-state index in [-0.39, 0.29) is 0 Å². The van der Waals surface area contributed by atoms with E-state index in [0.29, 0.717) is 5.82 Å². The van der Waals surface area contributed by atoms with Gasteiger partial charge in [-0.15, -0.1) is 0 Å². The lowest BCUT2D eigenvalue weighted by atomic mass is 9.98. The van der Waals surface area contributed by atoms with Crippen LogP contribution < -0.4 is 0 Å². The first-order valence-electron chi connectivity index (χ1n) is 16.4. The number of benzene rings is 6. The molecule has 4 heteroatoms. The molecule has 0 fully saturated rings. The van der Waals surface area contributed by atoms with Gasteiger partial charge in [-0.25, -0.2) is 9.97 Å². The van der Waals surface area contributed by atoms with E-state index in [1.165, 1.54) is 10.8 Å². The minimum Gasteiger partial charge on any atom is -0.455 e. The highest BCUT2D eigenvalue weighted by Gasteiger charge is 2.25. The molecule has 0 aliphatic heterocycles. The average molecular weight is 618 g/mol. The molecule has 0 unspecified atom stereocenters. The van der Waals surface area contributed by atoms with Crippen LogP contribution in [0.15, 0.2) is 157 Å². The Labute approximate surface area is 277 Å². The molecule has 9 rings (SSSR count). The molecule has 0 N–H and O–H groups in total. The van der Waals surface area contributed by atoms with Gasteiger partial charge in [0.25, 0.3) is 0 Å². The van der Waals surface area contributed by atoms with Gasteiger partial charge in [0.15, 0.2) is 5.82 Å². The average Bonchev–Trinajstić information content (AvgIpc) is 3.70. The molecule has 3 aromatic heterocycles. The highest BCUT2D eigenvalue weighted by molar-refractivity contribution is 6.32. The first kappa shape index (κ1) is 28.0. The van der Waals surface area contributed by atoms with Gasteiger partial charge in [-0.05, 0) is 59.2 Å². The predicted octanol–water partition coefficient (Wildman–Crippen LogP) is 11.9. The number of fused-ring (bicyclic) bond motifs is 9. The van der Waals surface area contributed by atoms with E-state index < -0.39 is 0 Å². The molecular formula is C44H31N3O. The summed E-state index contributed by atoms with van der Waals surface area (Å²) >= 11 is 0. The smallest absolute Gasteiger partial charge is 0.160 e. The topological polar surface area (TPSA) is 43.9 Å². The van der Waals surface area contributed by atoms with Crippen molar-refractivity contribution in [1.82, 2.24) is 14.5 Å². The molecule has 0 spiro atoms. The second kappa shape index (κ2) is 11.2. The molecule has 0 aliphatic carbocycles. The second-order valence-corrected chi connectivity index (χ2v) is 12.1. The molecule has 3 heterocycles. The Morgan fingerprint density at radius 1 is 0.729 bits per heavy atom. The summed E-state index contributed by atoms with van der Waals surface area (Å²) in [6.45, 7) is 6.15. The fraction of sp³-hybridized carbons (Fsp3) is 0.0455. The van der Waals surface area contributed by atoms with E-state index >= 15 is 0 Å². The molecule has 0 bridgehead atoms. The number of rotatable bonds is 6. The number of hydrogen-bond donors (Lipinski definition) is 0. The summed E-state index contributed by atoms with van der Waals surface area (Å²) in [6, 6.07) is 46.6. The van der Waals surface area contributed by atoms with E-state index in [4.69, 9.17) is 14.4 Å². The summed E-state index contributed by atoms with van der Waals surface area (Å²) in [4.78, 5) is 10.4. The van der Waals surface area contributed by atoms with Gasteiger partial charge < -0.3 is 8.98 Å². The van der Waals surface area contributed by atoms with Crippen molar-refractivity contribution >= 4 is 60.1 Å².